The Bertz CT molecular complexity index is 468. The molecule has 1 aromatic heterocycles. The fourth-order valence-corrected chi connectivity index (χ4v) is 1.46. The Kier molecular flexibility index (Phi) is 3.75. The van der Waals surface area contributed by atoms with Crippen molar-refractivity contribution in [2.45, 2.75) is 6.54 Å². The molecule has 0 spiro atoms. The Balaban J connectivity index is 1.92. The SMILES string of the molecule is O=CNc1ccccc1OCCn1cccn1. The van der Waals surface area contributed by atoms with E-state index in [1.165, 1.54) is 0 Å². The van der Waals surface area contributed by atoms with Gasteiger partial charge in [0.05, 0.1) is 12.2 Å². The molecule has 88 valence electrons. The maximum atomic E-state index is 10.4. The maximum absolute atomic E-state index is 10.4. The number of benzene rings is 1. The van der Waals surface area contributed by atoms with Crippen molar-refractivity contribution < 1.29 is 9.53 Å². The van der Waals surface area contributed by atoms with Gasteiger partial charge in [0.1, 0.15) is 12.4 Å². The van der Waals surface area contributed by atoms with Gasteiger partial charge in [0.25, 0.3) is 0 Å². The molecule has 0 unspecified atom stereocenters. The van der Waals surface area contributed by atoms with Crippen molar-refractivity contribution in [1.82, 2.24) is 9.78 Å². The quantitative estimate of drug-likeness (QED) is 0.767. The van der Waals surface area contributed by atoms with E-state index in [9.17, 15) is 4.79 Å². The molecule has 1 N–H and O–H groups in total. The first-order chi connectivity index (χ1) is 8.40. The van der Waals surface area contributed by atoms with Crippen molar-refractivity contribution in [2.75, 3.05) is 11.9 Å². The monoisotopic (exact) mass is 231 g/mol. The molecular weight excluding hydrogens is 218 g/mol. The molecule has 0 fully saturated rings. The summed E-state index contributed by atoms with van der Waals surface area (Å²) < 4.78 is 7.37. The van der Waals surface area contributed by atoms with Gasteiger partial charge in [0, 0.05) is 12.4 Å². The van der Waals surface area contributed by atoms with Crippen LogP contribution in [0, 0.1) is 0 Å². The fourth-order valence-electron chi connectivity index (χ4n) is 1.46. The Morgan fingerprint density at radius 2 is 2.24 bits per heavy atom. The van der Waals surface area contributed by atoms with Crippen LogP contribution in [0.4, 0.5) is 5.69 Å². The molecule has 0 atom stereocenters. The molecule has 0 aliphatic carbocycles. The molecule has 5 nitrogen and oxygen atoms in total. The summed E-state index contributed by atoms with van der Waals surface area (Å²) in [4.78, 5) is 10.4. The van der Waals surface area contributed by atoms with E-state index in [1.807, 2.05) is 30.5 Å². The Labute approximate surface area is 99.0 Å². The van der Waals surface area contributed by atoms with Crippen LogP contribution in [-0.2, 0) is 11.3 Å². The van der Waals surface area contributed by atoms with Crippen molar-refractivity contribution >= 4 is 12.1 Å². The molecule has 5 heteroatoms. The molecule has 1 aromatic carbocycles. The largest absolute Gasteiger partial charge is 0.489 e. The third-order valence-electron chi connectivity index (χ3n) is 2.24. The second-order valence-electron chi connectivity index (χ2n) is 3.38. The second kappa shape index (κ2) is 5.69. The summed E-state index contributed by atoms with van der Waals surface area (Å²) in [6, 6.07) is 9.17. The summed E-state index contributed by atoms with van der Waals surface area (Å²) in [6.07, 6.45) is 4.23. The standard InChI is InChI=1S/C12H13N3O2/c16-10-13-11-4-1-2-5-12(11)17-9-8-15-7-3-6-14-15/h1-7,10H,8-9H2,(H,13,16). The van der Waals surface area contributed by atoms with E-state index in [0.29, 0.717) is 31.0 Å². The van der Waals surface area contributed by atoms with Crippen LogP contribution < -0.4 is 10.1 Å². The van der Waals surface area contributed by atoms with E-state index in [2.05, 4.69) is 10.4 Å². The van der Waals surface area contributed by atoms with E-state index in [4.69, 9.17) is 4.74 Å². The van der Waals surface area contributed by atoms with Gasteiger partial charge in [-0.05, 0) is 18.2 Å². The number of para-hydroxylation sites is 2. The number of carbonyl (C=O) groups excluding carboxylic acids is 1. The second-order valence-corrected chi connectivity index (χ2v) is 3.38. The zero-order valence-electron chi connectivity index (χ0n) is 9.24. The minimum absolute atomic E-state index is 0.499. The highest BCUT2D eigenvalue weighted by Crippen LogP contribution is 2.22. The maximum Gasteiger partial charge on any atom is 0.211 e. The molecule has 0 radical (unpaired) electrons. The molecule has 0 saturated carbocycles. The van der Waals surface area contributed by atoms with Crippen LogP contribution >= 0.6 is 0 Å². The number of nitrogens with one attached hydrogen (secondary N) is 1. The van der Waals surface area contributed by atoms with Gasteiger partial charge < -0.3 is 10.1 Å². The number of anilines is 1. The minimum atomic E-state index is 0.499. The Morgan fingerprint density at radius 1 is 1.35 bits per heavy atom. The number of hydrogen-bond acceptors (Lipinski definition) is 3. The van der Waals surface area contributed by atoms with Gasteiger partial charge in [0.2, 0.25) is 6.41 Å². The van der Waals surface area contributed by atoms with E-state index in [0.717, 1.165) is 0 Å². The Hall–Kier alpha value is -2.30. The molecule has 0 bridgehead atoms. The van der Waals surface area contributed by atoms with E-state index in [1.54, 1.807) is 16.9 Å². The van der Waals surface area contributed by atoms with Crippen LogP contribution in [-0.4, -0.2) is 22.8 Å². The fraction of sp³-hybridized carbons (Fsp3) is 0.167. The molecule has 0 saturated heterocycles. The summed E-state index contributed by atoms with van der Waals surface area (Å²) in [5, 5.41) is 6.66. The molecule has 1 amide bonds. The molecule has 17 heavy (non-hydrogen) atoms. The first-order valence-electron chi connectivity index (χ1n) is 5.29. The summed E-state index contributed by atoms with van der Waals surface area (Å²) in [5.41, 5.74) is 0.669. The average Bonchev–Trinajstić information content (AvgIpc) is 2.85. The van der Waals surface area contributed by atoms with Crippen molar-refractivity contribution in [3.05, 3.63) is 42.7 Å². The van der Waals surface area contributed by atoms with E-state index >= 15 is 0 Å². The molecule has 1 heterocycles. The Morgan fingerprint density at radius 3 is 3.00 bits per heavy atom. The van der Waals surface area contributed by atoms with Crippen molar-refractivity contribution in [1.29, 1.82) is 0 Å². The van der Waals surface area contributed by atoms with E-state index < -0.39 is 0 Å². The smallest absolute Gasteiger partial charge is 0.211 e. The van der Waals surface area contributed by atoms with Gasteiger partial charge in [-0.2, -0.15) is 5.10 Å². The predicted octanol–water partition coefficient (Wildman–Crippen LogP) is 1.53. The van der Waals surface area contributed by atoms with Crippen LogP contribution in [0.25, 0.3) is 0 Å². The summed E-state index contributed by atoms with van der Waals surface area (Å²) in [5.74, 6) is 0.659. The van der Waals surface area contributed by atoms with Crippen LogP contribution in [0.5, 0.6) is 5.75 Å². The lowest BCUT2D eigenvalue weighted by Gasteiger charge is -2.10. The highest BCUT2D eigenvalue weighted by Gasteiger charge is 2.01. The summed E-state index contributed by atoms with van der Waals surface area (Å²) in [7, 11) is 0. The number of hydrogen-bond donors (Lipinski definition) is 1. The summed E-state index contributed by atoms with van der Waals surface area (Å²) >= 11 is 0. The van der Waals surface area contributed by atoms with Crippen molar-refractivity contribution in [2.24, 2.45) is 0 Å². The highest BCUT2D eigenvalue weighted by atomic mass is 16.5. The third kappa shape index (κ3) is 3.07. The van der Waals surface area contributed by atoms with Gasteiger partial charge >= 0.3 is 0 Å². The summed E-state index contributed by atoms with van der Waals surface area (Å²) in [6.45, 7) is 1.17. The number of carbonyl (C=O) groups is 1. The number of aromatic nitrogens is 2. The molecular formula is C12H13N3O2. The van der Waals surface area contributed by atoms with Crippen molar-refractivity contribution in [3.63, 3.8) is 0 Å². The molecule has 0 aliphatic rings. The van der Waals surface area contributed by atoms with E-state index in [-0.39, 0.29) is 0 Å². The zero-order valence-corrected chi connectivity index (χ0v) is 9.24. The van der Waals surface area contributed by atoms with Crippen molar-refractivity contribution in [3.8, 4) is 5.75 Å². The number of nitrogens with zero attached hydrogens (tertiary/aromatic N) is 2. The average molecular weight is 231 g/mol. The lowest BCUT2D eigenvalue weighted by atomic mass is 10.3. The van der Waals surface area contributed by atoms with Crippen LogP contribution in [0.15, 0.2) is 42.7 Å². The van der Waals surface area contributed by atoms with Crippen LogP contribution in [0.3, 0.4) is 0 Å². The topological polar surface area (TPSA) is 56.1 Å². The number of rotatable bonds is 6. The van der Waals surface area contributed by atoms with Crippen LogP contribution in [0.1, 0.15) is 0 Å². The lowest BCUT2D eigenvalue weighted by Crippen LogP contribution is -2.09. The number of ether oxygens (including phenoxy) is 1. The first kappa shape index (κ1) is 11.2. The first-order valence-corrected chi connectivity index (χ1v) is 5.29. The van der Waals surface area contributed by atoms with Gasteiger partial charge in [-0.1, -0.05) is 12.1 Å². The molecule has 0 aliphatic heterocycles. The van der Waals surface area contributed by atoms with Gasteiger partial charge in [-0.25, -0.2) is 0 Å². The minimum Gasteiger partial charge on any atom is -0.489 e. The predicted molar refractivity (Wildman–Crippen MR) is 63.9 cm³/mol. The molecule has 2 rings (SSSR count). The zero-order chi connectivity index (χ0) is 11.9. The number of amides is 1. The van der Waals surface area contributed by atoms with Gasteiger partial charge in [-0.15, -0.1) is 0 Å². The van der Waals surface area contributed by atoms with Gasteiger partial charge in [0.15, 0.2) is 0 Å². The van der Waals surface area contributed by atoms with Gasteiger partial charge in [-0.3, -0.25) is 9.48 Å². The van der Waals surface area contributed by atoms with Crippen LogP contribution in [0.2, 0.25) is 0 Å². The highest BCUT2D eigenvalue weighted by molar-refractivity contribution is 5.75. The normalized spacial score (nSPS) is 9.88. The molecule has 2 aromatic rings. The lowest BCUT2D eigenvalue weighted by molar-refractivity contribution is -0.105. The third-order valence-corrected chi connectivity index (χ3v) is 2.24.